The molecule has 1 aliphatic heterocycles. The molecule has 6 N–H and O–H groups in total. The van der Waals surface area contributed by atoms with Crippen LogP contribution in [0, 0.1) is 11.3 Å². The van der Waals surface area contributed by atoms with Gasteiger partial charge in [-0.15, -0.1) is 11.3 Å². The van der Waals surface area contributed by atoms with E-state index in [1.807, 2.05) is 25.9 Å². The molecule has 2 unspecified atom stereocenters. The normalized spacial score (nSPS) is 18.7. The molecule has 0 saturated carbocycles. The molecular formula is C31H36F2N6O3S. The third-order valence-corrected chi connectivity index (χ3v) is 8.80. The third-order valence-electron chi connectivity index (χ3n) is 7.68. The van der Waals surface area contributed by atoms with Crippen molar-refractivity contribution in [3.63, 3.8) is 0 Å². The highest BCUT2D eigenvalue weighted by molar-refractivity contribution is 7.10. The molecule has 1 saturated heterocycles. The van der Waals surface area contributed by atoms with Crippen LogP contribution < -0.4 is 16.8 Å². The summed E-state index contributed by atoms with van der Waals surface area (Å²) < 4.78 is 30.0. The van der Waals surface area contributed by atoms with E-state index in [2.05, 4.69) is 11.1 Å². The number of amidine groups is 1. The van der Waals surface area contributed by atoms with Crippen molar-refractivity contribution in [3.05, 3.63) is 81.0 Å². The Balaban J connectivity index is 0.00000135. The van der Waals surface area contributed by atoms with E-state index in [0.717, 1.165) is 11.4 Å². The number of hydrogen-bond acceptors (Lipinski definition) is 6. The van der Waals surface area contributed by atoms with Crippen LogP contribution in [-0.2, 0) is 26.7 Å². The van der Waals surface area contributed by atoms with Gasteiger partial charge in [-0.1, -0.05) is 42.5 Å². The molecule has 3 aromatic rings. The number of carbonyl (C=O) groups is 3. The number of nitrogens with two attached hydrogens (primary N) is 2. The molecule has 3 atom stereocenters. The number of alkyl halides is 2. The Kier molecular flexibility index (Phi) is 9.61. The van der Waals surface area contributed by atoms with Gasteiger partial charge in [0.1, 0.15) is 11.9 Å². The summed E-state index contributed by atoms with van der Waals surface area (Å²) in [5, 5.41) is 12.4. The average Bonchev–Trinajstić information content (AvgIpc) is 3.66. The lowest BCUT2D eigenvalue weighted by Gasteiger charge is -2.25. The van der Waals surface area contributed by atoms with E-state index in [4.69, 9.17) is 15.9 Å². The Hall–Kier alpha value is -4.16. The summed E-state index contributed by atoms with van der Waals surface area (Å²) in [5.74, 6) is -3.42. The number of nitrogens with zero attached hydrogens (tertiary/aromatic N) is 2. The quantitative estimate of drug-likeness (QED) is 0.175. The minimum Gasteiger partial charge on any atom is -0.384 e. The fourth-order valence-electron chi connectivity index (χ4n) is 5.81. The zero-order valence-electron chi connectivity index (χ0n) is 24.3. The van der Waals surface area contributed by atoms with Gasteiger partial charge in [0.25, 0.3) is 5.92 Å². The number of primary amides is 1. The number of carbonyl (C=O) groups excluding carboxylic acids is 3. The number of thiophene rings is 1. The van der Waals surface area contributed by atoms with E-state index in [1.165, 1.54) is 23.5 Å². The lowest BCUT2D eigenvalue weighted by atomic mass is 10.0. The second-order valence-electron chi connectivity index (χ2n) is 11.1. The fourth-order valence-corrected chi connectivity index (χ4v) is 6.72. The number of hydrogen-bond donors (Lipinski definition) is 4. The molecule has 2 aromatic carbocycles. The molecule has 228 valence electrons. The molecule has 9 nitrogen and oxygen atoms in total. The SMILES string of the molecule is C[C@@H](NC(=O)C1CC(CN(C)C)CN1C(=O)Cc1ccc2c(c1)-c1ccccc1C2(F)F)c1cc(C(=N)N)cs1.NC=O. The minimum absolute atomic E-state index is 0.0158. The van der Waals surface area contributed by atoms with Crippen LogP contribution in [0.1, 0.15) is 46.5 Å². The molecule has 2 aliphatic rings. The summed E-state index contributed by atoms with van der Waals surface area (Å²) in [6, 6.07) is 12.0. The van der Waals surface area contributed by atoms with Crippen molar-refractivity contribution < 1.29 is 23.2 Å². The number of nitrogens with one attached hydrogen (secondary N) is 2. The molecule has 0 bridgehead atoms. The smallest absolute Gasteiger partial charge is 0.299 e. The molecule has 0 radical (unpaired) electrons. The summed E-state index contributed by atoms with van der Waals surface area (Å²) in [6.07, 6.45) is 0.803. The highest BCUT2D eigenvalue weighted by Gasteiger charge is 2.44. The minimum atomic E-state index is -3.07. The van der Waals surface area contributed by atoms with Crippen LogP contribution in [0.15, 0.2) is 53.9 Å². The lowest BCUT2D eigenvalue weighted by molar-refractivity contribution is -0.138. The van der Waals surface area contributed by atoms with Crippen LogP contribution >= 0.6 is 11.3 Å². The molecule has 1 aliphatic carbocycles. The summed E-state index contributed by atoms with van der Waals surface area (Å²) in [5.41, 5.74) is 11.9. The highest BCUT2D eigenvalue weighted by Crippen LogP contribution is 2.51. The first kappa shape index (κ1) is 31.8. The van der Waals surface area contributed by atoms with Crippen molar-refractivity contribution in [1.82, 2.24) is 15.1 Å². The van der Waals surface area contributed by atoms with E-state index in [-0.39, 0.29) is 53.6 Å². The summed E-state index contributed by atoms with van der Waals surface area (Å²) in [4.78, 5) is 40.2. The molecule has 2 heterocycles. The van der Waals surface area contributed by atoms with Crippen molar-refractivity contribution in [2.45, 2.75) is 37.8 Å². The Morgan fingerprint density at radius 1 is 1.19 bits per heavy atom. The maximum atomic E-state index is 15.0. The number of fused-ring (bicyclic) bond motifs is 3. The molecule has 12 heteroatoms. The van der Waals surface area contributed by atoms with Crippen molar-refractivity contribution >= 4 is 35.4 Å². The average molecular weight is 611 g/mol. The molecule has 43 heavy (non-hydrogen) atoms. The van der Waals surface area contributed by atoms with Crippen LogP contribution in [-0.4, -0.2) is 67.1 Å². The fraction of sp³-hybridized carbons (Fsp3) is 0.355. The van der Waals surface area contributed by atoms with Gasteiger partial charge < -0.3 is 26.6 Å². The van der Waals surface area contributed by atoms with E-state index >= 15 is 0 Å². The molecular weight excluding hydrogens is 574 g/mol. The summed E-state index contributed by atoms with van der Waals surface area (Å²) >= 11 is 1.42. The largest absolute Gasteiger partial charge is 0.384 e. The van der Waals surface area contributed by atoms with Crippen LogP contribution in [0.2, 0.25) is 0 Å². The Labute approximate surface area is 253 Å². The van der Waals surface area contributed by atoms with E-state index in [0.29, 0.717) is 35.2 Å². The zero-order chi connectivity index (χ0) is 31.5. The predicted molar refractivity (Wildman–Crippen MR) is 163 cm³/mol. The number of nitrogen functional groups attached to an aromatic ring is 1. The van der Waals surface area contributed by atoms with Gasteiger partial charge in [0.05, 0.1) is 12.5 Å². The molecule has 5 rings (SSSR count). The predicted octanol–water partition coefficient (Wildman–Crippen LogP) is 3.45. The van der Waals surface area contributed by atoms with Gasteiger partial charge in [-0.25, -0.2) is 0 Å². The first-order valence-corrected chi connectivity index (χ1v) is 14.7. The second kappa shape index (κ2) is 13.0. The van der Waals surface area contributed by atoms with Crippen molar-refractivity contribution in [2.24, 2.45) is 17.4 Å². The van der Waals surface area contributed by atoms with Crippen LogP contribution in [0.3, 0.4) is 0 Å². The Bertz CT molecular complexity index is 1520. The molecule has 0 spiro atoms. The monoisotopic (exact) mass is 610 g/mol. The number of likely N-dealkylation sites (tertiary alicyclic amines) is 1. The standard InChI is InChI=1S/C30H33F2N5O2S.CH3NO/c1-17(26-13-20(16-40-26)28(33)34)35-29(39)25-11-19(14-36(2)3)15-37(25)27(38)12-18-8-9-24-22(10-18)21-6-4-5-7-23(21)30(24,31)32;2-1-3/h4-10,13,16-17,19,25H,11-12,14-15H2,1-3H3,(H3,33,34)(H,35,39);1H,(H2,2,3)/t17-,19?,25?;/m1./s1. The molecule has 1 fully saturated rings. The van der Waals surface area contributed by atoms with Crippen LogP contribution in [0.5, 0.6) is 0 Å². The Morgan fingerprint density at radius 2 is 1.86 bits per heavy atom. The van der Waals surface area contributed by atoms with Crippen LogP contribution in [0.4, 0.5) is 8.78 Å². The first-order chi connectivity index (χ1) is 20.4. The van der Waals surface area contributed by atoms with Gasteiger partial charge in [0.2, 0.25) is 18.2 Å². The van der Waals surface area contributed by atoms with E-state index in [9.17, 15) is 18.4 Å². The first-order valence-electron chi connectivity index (χ1n) is 13.8. The van der Waals surface area contributed by atoms with Gasteiger partial charge in [-0.2, -0.15) is 8.78 Å². The van der Waals surface area contributed by atoms with Gasteiger partial charge in [-0.05, 0) is 56.1 Å². The highest BCUT2D eigenvalue weighted by atomic mass is 32.1. The van der Waals surface area contributed by atoms with E-state index < -0.39 is 12.0 Å². The molecule has 3 amide bonds. The second-order valence-corrected chi connectivity index (χ2v) is 12.1. The lowest BCUT2D eigenvalue weighted by Crippen LogP contribution is -2.47. The summed E-state index contributed by atoms with van der Waals surface area (Å²) in [7, 11) is 3.92. The van der Waals surface area contributed by atoms with Gasteiger partial charge in [-0.3, -0.25) is 19.8 Å². The van der Waals surface area contributed by atoms with Gasteiger partial charge >= 0.3 is 0 Å². The zero-order valence-corrected chi connectivity index (χ0v) is 25.1. The number of rotatable bonds is 8. The van der Waals surface area contributed by atoms with Crippen molar-refractivity contribution in [1.29, 1.82) is 5.41 Å². The number of benzene rings is 2. The topological polar surface area (TPSA) is 146 Å². The van der Waals surface area contributed by atoms with Gasteiger partial charge in [0.15, 0.2) is 0 Å². The third kappa shape index (κ3) is 6.75. The van der Waals surface area contributed by atoms with Gasteiger partial charge in [0, 0.05) is 40.0 Å². The van der Waals surface area contributed by atoms with Crippen molar-refractivity contribution in [3.8, 4) is 11.1 Å². The number of halogens is 2. The molecule has 1 aromatic heterocycles. The van der Waals surface area contributed by atoms with Crippen LogP contribution in [0.25, 0.3) is 11.1 Å². The van der Waals surface area contributed by atoms with E-state index in [1.54, 1.807) is 46.7 Å². The maximum absolute atomic E-state index is 15.0. The maximum Gasteiger partial charge on any atom is 0.299 e. The number of amides is 3. The summed E-state index contributed by atoms with van der Waals surface area (Å²) in [6.45, 7) is 3.05. The Morgan fingerprint density at radius 3 is 2.51 bits per heavy atom. The van der Waals surface area contributed by atoms with Crippen molar-refractivity contribution in [2.75, 3.05) is 27.2 Å².